The zero-order chi connectivity index (χ0) is 20.5. The number of nitrogens with one attached hydrogen (secondary N) is 3. The van der Waals surface area contributed by atoms with Crippen LogP contribution in [0.5, 0.6) is 5.75 Å². The topological polar surface area (TPSA) is 78.0 Å². The molecule has 1 aliphatic rings. The predicted molar refractivity (Wildman–Crippen MR) is 131 cm³/mol. The van der Waals surface area contributed by atoms with Gasteiger partial charge in [-0.2, -0.15) is 0 Å². The van der Waals surface area contributed by atoms with Gasteiger partial charge in [-0.1, -0.05) is 0 Å². The summed E-state index contributed by atoms with van der Waals surface area (Å²) in [6.45, 7) is 11.9. The number of carbonyl (C=O) groups is 1. The number of fused-ring (bicyclic) bond motifs is 1. The Morgan fingerprint density at radius 3 is 2.52 bits per heavy atom. The van der Waals surface area contributed by atoms with Gasteiger partial charge in [0.15, 0.2) is 5.96 Å². The first-order valence-electron chi connectivity index (χ1n) is 10.2. The molecule has 1 aromatic rings. The summed E-state index contributed by atoms with van der Waals surface area (Å²) in [5.41, 5.74) is 2.02. The van der Waals surface area contributed by atoms with E-state index in [0.717, 1.165) is 42.5 Å². The van der Waals surface area contributed by atoms with Crippen LogP contribution in [0.15, 0.2) is 23.2 Å². The van der Waals surface area contributed by atoms with E-state index in [1.807, 2.05) is 18.2 Å². The van der Waals surface area contributed by atoms with Crippen molar-refractivity contribution in [2.24, 2.45) is 4.99 Å². The molecule has 3 N–H and O–H groups in total. The van der Waals surface area contributed by atoms with Crippen LogP contribution in [0.2, 0.25) is 0 Å². The normalized spacial score (nSPS) is 13.8. The molecule has 1 aliphatic heterocycles. The lowest BCUT2D eigenvalue weighted by Crippen LogP contribution is -2.45. The minimum Gasteiger partial charge on any atom is -0.492 e. The van der Waals surface area contributed by atoms with Gasteiger partial charge in [-0.05, 0) is 57.9 Å². The Morgan fingerprint density at radius 1 is 1.17 bits per heavy atom. The van der Waals surface area contributed by atoms with E-state index in [2.05, 4.69) is 53.5 Å². The largest absolute Gasteiger partial charge is 0.492 e. The van der Waals surface area contributed by atoms with Crippen LogP contribution in [-0.4, -0.2) is 62.1 Å². The van der Waals surface area contributed by atoms with Crippen LogP contribution in [0.1, 0.15) is 39.7 Å². The predicted octanol–water partition coefficient (Wildman–Crippen LogP) is 2.85. The zero-order valence-electron chi connectivity index (χ0n) is 18.2. The maximum atomic E-state index is 11.4. The Balaban J connectivity index is 0.00000420. The molecule has 0 atom stereocenters. The number of guanidine groups is 1. The first kappa shape index (κ1) is 25.5. The number of ether oxygens (including phenoxy) is 1. The molecule has 1 heterocycles. The van der Waals surface area contributed by atoms with E-state index in [1.165, 1.54) is 0 Å². The second-order valence-corrected chi connectivity index (χ2v) is 7.57. The SMILES string of the molecule is CN=C(NCCOc1ccc2c(c1)CCC(=O)N2)NCCN(C(C)C)C(C)C.I. The molecule has 0 radical (unpaired) electrons. The molecule has 7 nitrogen and oxygen atoms in total. The Morgan fingerprint density at radius 2 is 1.86 bits per heavy atom. The number of carbonyl (C=O) groups excluding carboxylic acids is 1. The fourth-order valence-electron chi connectivity index (χ4n) is 3.42. The molecule has 2 rings (SSSR count). The van der Waals surface area contributed by atoms with E-state index < -0.39 is 0 Å². The molecule has 8 heteroatoms. The van der Waals surface area contributed by atoms with Crippen LogP contribution in [0.4, 0.5) is 5.69 Å². The molecule has 0 unspecified atom stereocenters. The van der Waals surface area contributed by atoms with Crippen molar-refractivity contribution in [1.82, 2.24) is 15.5 Å². The number of hydrogen-bond acceptors (Lipinski definition) is 4. The summed E-state index contributed by atoms with van der Waals surface area (Å²) in [7, 11) is 1.77. The molecule has 0 saturated carbocycles. The molecular formula is C21H36IN5O2. The van der Waals surface area contributed by atoms with Gasteiger partial charge < -0.3 is 20.7 Å². The Hall–Kier alpha value is -1.55. The molecule has 164 valence electrons. The summed E-state index contributed by atoms with van der Waals surface area (Å²) in [6.07, 6.45) is 1.29. The van der Waals surface area contributed by atoms with Crippen LogP contribution in [0, 0.1) is 0 Å². The van der Waals surface area contributed by atoms with Crippen molar-refractivity contribution in [1.29, 1.82) is 0 Å². The Kier molecular flexibility index (Phi) is 11.3. The summed E-state index contributed by atoms with van der Waals surface area (Å²) in [4.78, 5) is 18.1. The van der Waals surface area contributed by atoms with Crippen LogP contribution in [0.25, 0.3) is 0 Å². The Labute approximate surface area is 192 Å². The number of halogens is 1. The summed E-state index contributed by atoms with van der Waals surface area (Å²) < 4.78 is 5.83. The number of amides is 1. The number of hydrogen-bond donors (Lipinski definition) is 3. The standard InChI is InChI=1S/C21H35N5O2.HI/c1-15(2)26(16(3)4)12-10-23-21(22-5)24-11-13-28-18-7-8-19-17(14-18)6-9-20(27)25-19;/h7-8,14-16H,6,9-13H2,1-5H3,(H,25,27)(H2,22,23,24);1H. The monoisotopic (exact) mass is 517 g/mol. The second-order valence-electron chi connectivity index (χ2n) is 7.57. The summed E-state index contributed by atoms with van der Waals surface area (Å²) >= 11 is 0. The van der Waals surface area contributed by atoms with Gasteiger partial charge in [0.2, 0.25) is 5.91 Å². The average Bonchev–Trinajstić information content (AvgIpc) is 2.66. The number of aliphatic imine (C=N–C) groups is 1. The molecule has 0 bridgehead atoms. The fourth-order valence-corrected chi connectivity index (χ4v) is 3.42. The smallest absolute Gasteiger partial charge is 0.224 e. The molecule has 0 spiro atoms. The third-order valence-corrected chi connectivity index (χ3v) is 4.85. The van der Waals surface area contributed by atoms with E-state index in [9.17, 15) is 4.79 Å². The lowest BCUT2D eigenvalue weighted by atomic mass is 10.0. The molecule has 0 aliphatic carbocycles. The minimum atomic E-state index is 0. The number of nitrogens with zero attached hydrogens (tertiary/aromatic N) is 2. The lowest BCUT2D eigenvalue weighted by Gasteiger charge is -2.30. The summed E-state index contributed by atoms with van der Waals surface area (Å²) in [6, 6.07) is 6.86. The van der Waals surface area contributed by atoms with Crippen LogP contribution < -0.4 is 20.7 Å². The molecule has 0 aromatic heterocycles. The van der Waals surface area contributed by atoms with Crippen LogP contribution >= 0.6 is 24.0 Å². The molecule has 0 fully saturated rings. The number of anilines is 1. The van der Waals surface area contributed by atoms with Crippen molar-refractivity contribution in [2.45, 2.75) is 52.6 Å². The molecule has 1 amide bonds. The highest BCUT2D eigenvalue weighted by atomic mass is 127. The summed E-state index contributed by atoms with van der Waals surface area (Å²) in [5.74, 6) is 1.68. The van der Waals surface area contributed by atoms with Gasteiger partial charge >= 0.3 is 0 Å². The quantitative estimate of drug-likeness (QED) is 0.203. The minimum absolute atomic E-state index is 0. The van der Waals surface area contributed by atoms with Gasteiger partial charge in [0.1, 0.15) is 12.4 Å². The molecule has 29 heavy (non-hydrogen) atoms. The van der Waals surface area contributed by atoms with Gasteiger partial charge in [-0.15, -0.1) is 24.0 Å². The van der Waals surface area contributed by atoms with Crippen molar-refractivity contribution in [3.05, 3.63) is 23.8 Å². The third kappa shape index (κ3) is 8.38. The van der Waals surface area contributed by atoms with Gasteiger partial charge in [0, 0.05) is 44.3 Å². The van der Waals surface area contributed by atoms with E-state index in [0.29, 0.717) is 31.7 Å². The van der Waals surface area contributed by atoms with Gasteiger partial charge in [0.05, 0.1) is 6.54 Å². The van der Waals surface area contributed by atoms with Crippen LogP contribution in [-0.2, 0) is 11.2 Å². The van der Waals surface area contributed by atoms with E-state index in [-0.39, 0.29) is 29.9 Å². The van der Waals surface area contributed by atoms with Crippen molar-refractivity contribution < 1.29 is 9.53 Å². The van der Waals surface area contributed by atoms with E-state index >= 15 is 0 Å². The molecule has 0 saturated heterocycles. The maximum Gasteiger partial charge on any atom is 0.224 e. The van der Waals surface area contributed by atoms with Crippen molar-refractivity contribution >= 4 is 41.5 Å². The van der Waals surface area contributed by atoms with Crippen molar-refractivity contribution in [3.63, 3.8) is 0 Å². The van der Waals surface area contributed by atoms with Gasteiger partial charge in [0.25, 0.3) is 0 Å². The zero-order valence-corrected chi connectivity index (χ0v) is 20.6. The number of benzene rings is 1. The maximum absolute atomic E-state index is 11.4. The van der Waals surface area contributed by atoms with Crippen LogP contribution in [0.3, 0.4) is 0 Å². The van der Waals surface area contributed by atoms with Crippen molar-refractivity contribution in [2.75, 3.05) is 38.6 Å². The summed E-state index contributed by atoms with van der Waals surface area (Å²) in [5, 5.41) is 9.52. The first-order valence-corrected chi connectivity index (χ1v) is 10.2. The Bertz CT molecular complexity index is 671. The van der Waals surface area contributed by atoms with Gasteiger partial charge in [-0.25, -0.2) is 0 Å². The highest BCUT2D eigenvalue weighted by molar-refractivity contribution is 14.0. The first-order chi connectivity index (χ1) is 13.4. The third-order valence-electron chi connectivity index (χ3n) is 4.85. The van der Waals surface area contributed by atoms with Crippen molar-refractivity contribution in [3.8, 4) is 5.75 Å². The molecule has 1 aromatic carbocycles. The fraction of sp³-hybridized carbons (Fsp3) is 0.619. The van der Waals surface area contributed by atoms with E-state index in [4.69, 9.17) is 4.74 Å². The number of aryl methyl sites for hydroxylation is 1. The lowest BCUT2D eigenvalue weighted by molar-refractivity contribution is -0.116. The number of rotatable bonds is 9. The van der Waals surface area contributed by atoms with Gasteiger partial charge in [-0.3, -0.25) is 14.7 Å². The molecular weight excluding hydrogens is 481 g/mol. The second kappa shape index (κ2) is 12.9. The highest BCUT2D eigenvalue weighted by Crippen LogP contribution is 2.26. The highest BCUT2D eigenvalue weighted by Gasteiger charge is 2.15. The van der Waals surface area contributed by atoms with E-state index in [1.54, 1.807) is 7.05 Å². The average molecular weight is 517 g/mol.